The zero-order valence-electron chi connectivity index (χ0n) is 17.1. The number of anilines is 1. The van der Waals surface area contributed by atoms with Gasteiger partial charge in [0, 0.05) is 17.8 Å². The third-order valence-corrected chi connectivity index (χ3v) is 4.54. The molecule has 31 heavy (non-hydrogen) atoms. The number of nitrogens with one attached hydrogen (secondary N) is 3. The van der Waals surface area contributed by atoms with Crippen LogP contribution in [0, 0.1) is 0 Å². The predicted octanol–water partition coefficient (Wildman–Crippen LogP) is 4.14. The van der Waals surface area contributed by atoms with Crippen LogP contribution in [0.25, 0.3) is 0 Å². The van der Waals surface area contributed by atoms with Crippen LogP contribution in [-0.4, -0.2) is 23.5 Å². The summed E-state index contributed by atoms with van der Waals surface area (Å²) in [5.74, 6) is -0.0891. The van der Waals surface area contributed by atoms with Gasteiger partial charge in [-0.1, -0.05) is 48.5 Å². The third-order valence-electron chi connectivity index (χ3n) is 4.34. The quantitative estimate of drug-likeness (QED) is 0.488. The standard InChI is InChI=1S/C24H23N3O3S/c1-2-30-21-14-7-6-13-20(21)23(29)27-24(31)26-19-12-8-11-18(15-19)22(28)25-16-17-9-4-3-5-10-17/h3-15H,2,16H2,1H3,(H,25,28)(H2,26,27,29,31). The van der Waals surface area contributed by atoms with Gasteiger partial charge in [-0.3, -0.25) is 14.9 Å². The predicted molar refractivity (Wildman–Crippen MR) is 125 cm³/mol. The Balaban J connectivity index is 1.59. The van der Waals surface area contributed by atoms with Crippen molar-refractivity contribution in [1.29, 1.82) is 0 Å². The number of hydrogen-bond donors (Lipinski definition) is 3. The first-order valence-corrected chi connectivity index (χ1v) is 10.2. The van der Waals surface area contributed by atoms with Crippen molar-refractivity contribution in [3.8, 4) is 5.75 Å². The van der Waals surface area contributed by atoms with Gasteiger partial charge < -0.3 is 15.4 Å². The molecule has 0 heterocycles. The van der Waals surface area contributed by atoms with Gasteiger partial charge in [-0.05, 0) is 55.0 Å². The zero-order valence-corrected chi connectivity index (χ0v) is 17.9. The first-order chi connectivity index (χ1) is 15.1. The van der Waals surface area contributed by atoms with Crippen LogP contribution >= 0.6 is 12.2 Å². The maximum atomic E-state index is 12.6. The van der Waals surface area contributed by atoms with E-state index in [1.807, 2.05) is 37.3 Å². The van der Waals surface area contributed by atoms with Gasteiger partial charge in [0.25, 0.3) is 11.8 Å². The molecule has 0 aromatic heterocycles. The molecule has 0 saturated carbocycles. The molecule has 3 N–H and O–H groups in total. The SMILES string of the molecule is CCOc1ccccc1C(=O)NC(=S)Nc1cccc(C(=O)NCc2ccccc2)c1. The largest absolute Gasteiger partial charge is 0.493 e. The van der Waals surface area contributed by atoms with Crippen LogP contribution in [0.2, 0.25) is 0 Å². The van der Waals surface area contributed by atoms with E-state index in [1.165, 1.54) is 0 Å². The van der Waals surface area contributed by atoms with Gasteiger partial charge in [-0.2, -0.15) is 0 Å². The molecule has 6 nitrogen and oxygen atoms in total. The third kappa shape index (κ3) is 6.38. The second kappa shape index (κ2) is 10.9. The number of thiocarbonyl (C=S) groups is 1. The molecule has 2 amide bonds. The van der Waals surface area contributed by atoms with Crippen molar-refractivity contribution in [1.82, 2.24) is 10.6 Å². The number of rotatable bonds is 7. The number of hydrogen-bond acceptors (Lipinski definition) is 4. The Morgan fingerprint density at radius 2 is 1.65 bits per heavy atom. The Hall–Kier alpha value is -3.71. The molecule has 0 radical (unpaired) electrons. The second-order valence-electron chi connectivity index (χ2n) is 6.59. The van der Waals surface area contributed by atoms with E-state index in [1.54, 1.807) is 48.5 Å². The summed E-state index contributed by atoms with van der Waals surface area (Å²) >= 11 is 5.26. The highest BCUT2D eigenvalue weighted by Gasteiger charge is 2.14. The molecule has 0 bridgehead atoms. The molecular formula is C24H23N3O3S. The molecule has 0 unspecified atom stereocenters. The first kappa shape index (κ1) is 22.0. The Labute approximate surface area is 186 Å². The lowest BCUT2D eigenvalue weighted by Crippen LogP contribution is -2.34. The lowest BCUT2D eigenvalue weighted by atomic mass is 10.1. The monoisotopic (exact) mass is 433 g/mol. The van der Waals surface area contributed by atoms with E-state index in [4.69, 9.17) is 17.0 Å². The van der Waals surface area contributed by atoms with Gasteiger partial charge in [0.2, 0.25) is 0 Å². The fraction of sp³-hybridized carbons (Fsp3) is 0.125. The summed E-state index contributed by atoms with van der Waals surface area (Å²) < 4.78 is 5.49. The number of ether oxygens (including phenoxy) is 1. The average molecular weight is 434 g/mol. The molecular weight excluding hydrogens is 410 g/mol. The van der Waals surface area contributed by atoms with Crippen LogP contribution in [0.5, 0.6) is 5.75 Å². The lowest BCUT2D eigenvalue weighted by Gasteiger charge is -2.13. The topological polar surface area (TPSA) is 79.5 Å². The molecule has 0 saturated heterocycles. The molecule has 158 valence electrons. The van der Waals surface area contributed by atoms with Crippen LogP contribution in [0.3, 0.4) is 0 Å². The van der Waals surface area contributed by atoms with E-state index in [0.717, 1.165) is 5.56 Å². The minimum atomic E-state index is -0.377. The maximum Gasteiger partial charge on any atom is 0.261 e. The van der Waals surface area contributed by atoms with E-state index in [0.29, 0.717) is 35.7 Å². The van der Waals surface area contributed by atoms with Gasteiger partial charge in [-0.25, -0.2) is 0 Å². The minimum absolute atomic E-state index is 0.123. The summed E-state index contributed by atoms with van der Waals surface area (Å²) in [6.07, 6.45) is 0. The fourth-order valence-corrected chi connectivity index (χ4v) is 3.10. The van der Waals surface area contributed by atoms with Crippen LogP contribution < -0.4 is 20.7 Å². The number of para-hydroxylation sites is 1. The highest BCUT2D eigenvalue weighted by atomic mass is 32.1. The zero-order chi connectivity index (χ0) is 22.1. The molecule has 0 aliphatic heterocycles. The molecule has 0 aliphatic rings. The van der Waals surface area contributed by atoms with Crippen LogP contribution in [0.15, 0.2) is 78.9 Å². The van der Waals surface area contributed by atoms with Crippen molar-refractivity contribution in [3.05, 3.63) is 95.6 Å². The number of carbonyl (C=O) groups excluding carboxylic acids is 2. The Morgan fingerprint density at radius 1 is 0.903 bits per heavy atom. The molecule has 3 aromatic rings. The van der Waals surface area contributed by atoms with Crippen LogP contribution in [0.1, 0.15) is 33.2 Å². The van der Waals surface area contributed by atoms with Crippen molar-refractivity contribution in [2.45, 2.75) is 13.5 Å². The van der Waals surface area contributed by atoms with Crippen LogP contribution in [0.4, 0.5) is 5.69 Å². The van der Waals surface area contributed by atoms with Gasteiger partial charge in [0.05, 0.1) is 12.2 Å². The molecule has 3 aromatic carbocycles. The molecule has 0 aliphatic carbocycles. The summed E-state index contributed by atoms with van der Waals surface area (Å²) in [6, 6.07) is 23.5. The van der Waals surface area contributed by atoms with E-state index >= 15 is 0 Å². The van der Waals surface area contributed by atoms with Crippen molar-refractivity contribution >= 4 is 34.8 Å². The summed E-state index contributed by atoms with van der Waals surface area (Å²) in [4.78, 5) is 25.0. The second-order valence-corrected chi connectivity index (χ2v) is 6.99. The Bertz CT molecular complexity index is 1070. The highest BCUT2D eigenvalue weighted by Crippen LogP contribution is 2.18. The molecule has 0 fully saturated rings. The normalized spacial score (nSPS) is 10.1. The van der Waals surface area contributed by atoms with Gasteiger partial charge in [0.1, 0.15) is 5.75 Å². The van der Waals surface area contributed by atoms with Crippen LogP contribution in [-0.2, 0) is 6.54 Å². The van der Waals surface area contributed by atoms with Crippen molar-refractivity contribution in [2.75, 3.05) is 11.9 Å². The van der Waals surface area contributed by atoms with Gasteiger partial charge in [0.15, 0.2) is 5.11 Å². The van der Waals surface area contributed by atoms with E-state index in [2.05, 4.69) is 16.0 Å². The molecule has 0 spiro atoms. The number of benzene rings is 3. The molecule has 0 atom stereocenters. The summed E-state index contributed by atoms with van der Waals surface area (Å²) in [7, 11) is 0. The fourth-order valence-electron chi connectivity index (χ4n) is 2.89. The van der Waals surface area contributed by atoms with E-state index < -0.39 is 0 Å². The maximum absolute atomic E-state index is 12.6. The van der Waals surface area contributed by atoms with E-state index in [9.17, 15) is 9.59 Å². The van der Waals surface area contributed by atoms with Crippen molar-refractivity contribution in [3.63, 3.8) is 0 Å². The summed E-state index contributed by atoms with van der Waals surface area (Å²) in [5.41, 5.74) is 2.48. The number of amides is 2. The summed E-state index contributed by atoms with van der Waals surface area (Å²) in [5, 5.41) is 8.59. The summed E-state index contributed by atoms with van der Waals surface area (Å²) in [6.45, 7) is 2.74. The Kier molecular flexibility index (Phi) is 7.73. The van der Waals surface area contributed by atoms with E-state index in [-0.39, 0.29) is 16.9 Å². The van der Waals surface area contributed by atoms with Gasteiger partial charge >= 0.3 is 0 Å². The first-order valence-electron chi connectivity index (χ1n) is 9.83. The average Bonchev–Trinajstić information content (AvgIpc) is 2.79. The minimum Gasteiger partial charge on any atom is -0.493 e. The Morgan fingerprint density at radius 3 is 2.42 bits per heavy atom. The highest BCUT2D eigenvalue weighted by molar-refractivity contribution is 7.80. The van der Waals surface area contributed by atoms with Crippen molar-refractivity contribution < 1.29 is 14.3 Å². The molecule has 7 heteroatoms. The smallest absolute Gasteiger partial charge is 0.261 e. The van der Waals surface area contributed by atoms with Gasteiger partial charge in [-0.15, -0.1) is 0 Å². The lowest BCUT2D eigenvalue weighted by molar-refractivity contribution is 0.0948. The van der Waals surface area contributed by atoms with Crippen molar-refractivity contribution in [2.24, 2.45) is 0 Å². The number of carbonyl (C=O) groups is 2. The molecule has 3 rings (SSSR count).